The number of aromatic nitrogens is 3. The lowest BCUT2D eigenvalue weighted by Crippen LogP contribution is -2.12. The molecule has 0 radical (unpaired) electrons. The van der Waals surface area contributed by atoms with Crippen LogP contribution >= 0.6 is 11.8 Å². The first-order valence-corrected chi connectivity index (χ1v) is 7.53. The summed E-state index contributed by atoms with van der Waals surface area (Å²) in [5.41, 5.74) is 1.94. The molecule has 0 bridgehead atoms. The maximum Gasteiger partial charge on any atom is 0.213 e. The van der Waals surface area contributed by atoms with Crippen molar-refractivity contribution in [2.45, 2.75) is 36.0 Å². The fourth-order valence-electron chi connectivity index (χ4n) is 1.99. The van der Waals surface area contributed by atoms with Crippen molar-refractivity contribution in [3.63, 3.8) is 0 Å². The van der Waals surface area contributed by atoms with E-state index in [1.54, 1.807) is 6.07 Å². The Morgan fingerprint density at radius 2 is 1.86 bits per heavy atom. The first-order valence-electron chi connectivity index (χ1n) is 6.71. The Hall–Kier alpha value is -1.88. The minimum atomic E-state index is -0.461. The highest BCUT2D eigenvalue weighted by atomic mass is 32.2. The molecule has 2 heterocycles. The Kier molecular flexibility index (Phi) is 3.45. The number of aromatic amines is 1. The average Bonchev–Trinajstić information content (AvgIpc) is 2.82. The van der Waals surface area contributed by atoms with Crippen molar-refractivity contribution in [2.75, 3.05) is 0 Å². The summed E-state index contributed by atoms with van der Waals surface area (Å²) >= 11 is 1.51. The molecule has 0 unspecified atom stereocenters. The zero-order valence-electron chi connectivity index (χ0n) is 12.1. The minimum absolute atomic E-state index is 0.0133. The number of benzene rings is 1. The van der Waals surface area contributed by atoms with Gasteiger partial charge >= 0.3 is 0 Å². The van der Waals surface area contributed by atoms with Crippen LogP contribution in [0.3, 0.4) is 0 Å². The van der Waals surface area contributed by atoms with Crippen LogP contribution in [0.1, 0.15) is 26.6 Å². The van der Waals surface area contributed by atoms with E-state index in [1.807, 2.05) is 18.2 Å². The normalized spacial score (nSPS) is 12.0. The van der Waals surface area contributed by atoms with Crippen molar-refractivity contribution in [1.82, 2.24) is 15.0 Å². The van der Waals surface area contributed by atoms with Crippen LogP contribution in [0.15, 0.2) is 46.3 Å². The molecule has 0 spiro atoms. The van der Waals surface area contributed by atoms with E-state index >= 15 is 0 Å². The highest BCUT2D eigenvalue weighted by molar-refractivity contribution is 7.99. The van der Waals surface area contributed by atoms with Crippen molar-refractivity contribution in [1.29, 1.82) is 0 Å². The van der Waals surface area contributed by atoms with Crippen LogP contribution in [0.4, 0.5) is 4.39 Å². The van der Waals surface area contributed by atoms with Crippen LogP contribution in [-0.2, 0) is 5.41 Å². The molecule has 3 rings (SSSR count). The van der Waals surface area contributed by atoms with Gasteiger partial charge in [-0.3, -0.25) is 0 Å². The van der Waals surface area contributed by atoms with Crippen molar-refractivity contribution < 1.29 is 4.39 Å². The zero-order chi connectivity index (χ0) is 15.0. The van der Waals surface area contributed by atoms with Crippen LogP contribution < -0.4 is 0 Å². The first-order chi connectivity index (χ1) is 9.91. The predicted molar refractivity (Wildman–Crippen MR) is 83.1 cm³/mol. The molecule has 1 N–H and O–H groups in total. The molecular weight excluding hydrogens is 285 g/mol. The van der Waals surface area contributed by atoms with Gasteiger partial charge in [-0.15, -0.1) is 0 Å². The molecule has 108 valence electrons. The van der Waals surface area contributed by atoms with Crippen molar-refractivity contribution >= 4 is 22.8 Å². The maximum atomic E-state index is 13.1. The summed E-state index contributed by atoms with van der Waals surface area (Å²) in [6.45, 7) is 6.38. The van der Waals surface area contributed by atoms with E-state index in [9.17, 15) is 4.39 Å². The zero-order valence-corrected chi connectivity index (χ0v) is 13.0. The molecule has 0 aliphatic rings. The van der Waals surface area contributed by atoms with Gasteiger partial charge in [0.25, 0.3) is 0 Å². The van der Waals surface area contributed by atoms with Gasteiger partial charge in [0.15, 0.2) is 0 Å². The van der Waals surface area contributed by atoms with E-state index in [0.717, 1.165) is 26.6 Å². The maximum absolute atomic E-state index is 13.1. The van der Waals surface area contributed by atoms with E-state index in [4.69, 9.17) is 0 Å². The lowest BCUT2D eigenvalue weighted by molar-refractivity contribution is 0.554. The van der Waals surface area contributed by atoms with Gasteiger partial charge in [0.2, 0.25) is 5.95 Å². The number of nitrogens with one attached hydrogen (secondary N) is 1. The highest BCUT2D eigenvalue weighted by Crippen LogP contribution is 2.30. The lowest BCUT2D eigenvalue weighted by Gasteiger charge is -2.13. The standard InChI is InChI=1S/C16H16FN3S/c1-16(2,3)15-19-12-5-4-10(8-13(12)20-15)21-11-6-7-18-14(17)9-11/h4-9H,1-3H3,(H,19,20). The fourth-order valence-corrected chi connectivity index (χ4v) is 2.86. The number of H-pyrrole nitrogens is 1. The second kappa shape index (κ2) is 5.15. The van der Waals surface area contributed by atoms with Gasteiger partial charge in [-0.2, -0.15) is 4.39 Å². The largest absolute Gasteiger partial charge is 0.342 e. The summed E-state index contributed by atoms with van der Waals surface area (Å²) in [5, 5.41) is 0. The molecule has 21 heavy (non-hydrogen) atoms. The third kappa shape index (κ3) is 3.08. The molecule has 0 aliphatic carbocycles. The van der Waals surface area contributed by atoms with Crippen LogP contribution in [0, 0.1) is 5.95 Å². The van der Waals surface area contributed by atoms with Crippen molar-refractivity contribution in [3.8, 4) is 0 Å². The number of nitrogens with zero attached hydrogens (tertiary/aromatic N) is 2. The number of hydrogen-bond donors (Lipinski definition) is 1. The third-order valence-corrected chi connectivity index (χ3v) is 4.08. The fraction of sp³-hybridized carbons (Fsp3) is 0.250. The Morgan fingerprint density at radius 3 is 2.57 bits per heavy atom. The number of imidazole rings is 1. The van der Waals surface area contributed by atoms with Crippen LogP contribution in [0.25, 0.3) is 11.0 Å². The summed E-state index contributed by atoms with van der Waals surface area (Å²) in [6.07, 6.45) is 1.48. The Bertz CT molecular complexity index is 790. The monoisotopic (exact) mass is 301 g/mol. The van der Waals surface area contributed by atoms with Crippen molar-refractivity contribution in [2.24, 2.45) is 0 Å². The van der Waals surface area contributed by atoms with Gasteiger partial charge in [0.1, 0.15) is 5.82 Å². The predicted octanol–water partition coefficient (Wildman–Crippen LogP) is 4.55. The minimum Gasteiger partial charge on any atom is -0.342 e. The highest BCUT2D eigenvalue weighted by Gasteiger charge is 2.18. The summed E-state index contributed by atoms with van der Waals surface area (Å²) in [7, 11) is 0. The molecule has 0 fully saturated rings. The van der Waals surface area contributed by atoms with Gasteiger partial charge in [-0.05, 0) is 24.3 Å². The summed E-state index contributed by atoms with van der Waals surface area (Å²) in [4.78, 5) is 13.4. The third-order valence-electron chi connectivity index (χ3n) is 3.10. The second-order valence-electron chi connectivity index (χ2n) is 5.93. The molecule has 0 amide bonds. The number of rotatable bonds is 2. The molecule has 0 saturated carbocycles. The SMILES string of the molecule is CC(C)(C)c1nc2ccc(Sc3ccnc(F)c3)cc2[nH]1. The molecule has 3 nitrogen and oxygen atoms in total. The van der Waals surface area contributed by atoms with Crippen LogP contribution in [0.2, 0.25) is 0 Å². The molecule has 1 aromatic carbocycles. The van der Waals surface area contributed by atoms with E-state index < -0.39 is 5.95 Å². The van der Waals surface area contributed by atoms with Gasteiger partial charge in [-0.1, -0.05) is 32.5 Å². The summed E-state index contributed by atoms with van der Waals surface area (Å²) in [6, 6.07) is 9.26. The quantitative estimate of drug-likeness (QED) is 0.706. The van der Waals surface area contributed by atoms with Gasteiger partial charge in [-0.25, -0.2) is 9.97 Å². The Balaban J connectivity index is 1.94. The number of halogens is 1. The number of pyridine rings is 1. The molecule has 0 saturated heterocycles. The summed E-state index contributed by atoms with van der Waals surface area (Å²) in [5.74, 6) is 0.507. The number of fused-ring (bicyclic) bond motifs is 1. The van der Waals surface area contributed by atoms with Crippen LogP contribution in [-0.4, -0.2) is 15.0 Å². The van der Waals surface area contributed by atoms with Gasteiger partial charge in [0, 0.05) is 27.5 Å². The number of hydrogen-bond acceptors (Lipinski definition) is 3. The smallest absolute Gasteiger partial charge is 0.213 e. The van der Waals surface area contributed by atoms with Crippen molar-refractivity contribution in [3.05, 3.63) is 48.3 Å². The van der Waals surface area contributed by atoms with E-state index in [0.29, 0.717) is 0 Å². The molecule has 0 atom stereocenters. The van der Waals surface area contributed by atoms with E-state index in [1.165, 1.54) is 24.0 Å². The first kappa shape index (κ1) is 14.1. The Morgan fingerprint density at radius 1 is 1.10 bits per heavy atom. The van der Waals surface area contributed by atoms with Crippen LogP contribution in [0.5, 0.6) is 0 Å². The van der Waals surface area contributed by atoms with E-state index in [-0.39, 0.29) is 5.41 Å². The average molecular weight is 301 g/mol. The van der Waals surface area contributed by atoms with Gasteiger partial charge < -0.3 is 4.98 Å². The molecule has 3 aromatic rings. The molecular formula is C16H16FN3S. The molecule has 5 heteroatoms. The lowest BCUT2D eigenvalue weighted by atomic mass is 9.96. The topological polar surface area (TPSA) is 41.6 Å². The Labute approximate surface area is 127 Å². The van der Waals surface area contributed by atoms with Gasteiger partial charge in [0.05, 0.1) is 11.0 Å². The second-order valence-corrected chi connectivity index (χ2v) is 7.08. The summed E-state index contributed by atoms with van der Waals surface area (Å²) < 4.78 is 13.1. The molecule has 0 aliphatic heterocycles. The molecule has 2 aromatic heterocycles. The van der Waals surface area contributed by atoms with E-state index in [2.05, 4.69) is 35.7 Å².